The molecule has 0 saturated heterocycles. The number of aryl methyl sites for hydroxylation is 1. The Hall–Kier alpha value is -1.94. The summed E-state index contributed by atoms with van der Waals surface area (Å²) in [6.07, 6.45) is 6.19. The SMILES string of the molecule is Cc1c[nH]c(CN(C)[C@H](c2ccccn2)C2CC2)c(C)c1=O. The molecule has 1 aliphatic rings. The lowest BCUT2D eigenvalue weighted by Crippen LogP contribution is -2.28. The molecule has 2 heterocycles. The third-order valence-corrected chi connectivity index (χ3v) is 4.56. The minimum atomic E-state index is 0.142. The van der Waals surface area contributed by atoms with Gasteiger partial charge in [-0.3, -0.25) is 14.7 Å². The molecule has 2 aromatic rings. The van der Waals surface area contributed by atoms with Crippen molar-refractivity contribution >= 4 is 0 Å². The van der Waals surface area contributed by atoms with Crippen LogP contribution in [0.15, 0.2) is 35.4 Å². The topological polar surface area (TPSA) is 49.0 Å². The number of aromatic nitrogens is 2. The van der Waals surface area contributed by atoms with E-state index in [-0.39, 0.29) is 5.43 Å². The third kappa shape index (κ3) is 2.97. The van der Waals surface area contributed by atoms with Crippen molar-refractivity contribution in [1.29, 1.82) is 0 Å². The van der Waals surface area contributed by atoms with Crippen LogP contribution < -0.4 is 5.43 Å². The van der Waals surface area contributed by atoms with Crippen molar-refractivity contribution < 1.29 is 0 Å². The van der Waals surface area contributed by atoms with E-state index in [1.165, 1.54) is 12.8 Å². The first kappa shape index (κ1) is 15.0. The predicted molar refractivity (Wildman–Crippen MR) is 87.7 cm³/mol. The summed E-state index contributed by atoms with van der Waals surface area (Å²) in [4.78, 5) is 22.2. The number of nitrogens with zero attached hydrogens (tertiary/aromatic N) is 2. The van der Waals surface area contributed by atoms with Crippen LogP contribution in [0.1, 0.15) is 41.4 Å². The number of aromatic amines is 1. The molecule has 0 unspecified atom stereocenters. The summed E-state index contributed by atoms with van der Waals surface area (Å²) < 4.78 is 0. The van der Waals surface area contributed by atoms with Gasteiger partial charge < -0.3 is 4.98 Å². The molecule has 1 N–H and O–H groups in total. The zero-order valence-electron chi connectivity index (χ0n) is 13.5. The molecule has 2 aromatic heterocycles. The average molecular weight is 297 g/mol. The van der Waals surface area contributed by atoms with E-state index in [0.29, 0.717) is 12.0 Å². The zero-order valence-corrected chi connectivity index (χ0v) is 13.5. The molecular formula is C18H23N3O. The number of hydrogen-bond acceptors (Lipinski definition) is 3. The van der Waals surface area contributed by atoms with Crippen LogP contribution in [0.2, 0.25) is 0 Å². The summed E-state index contributed by atoms with van der Waals surface area (Å²) >= 11 is 0. The highest BCUT2D eigenvalue weighted by molar-refractivity contribution is 5.24. The monoisotopic (exact) mass is 297 g/mol. The van der Waals surface area contributed by atoms with Gasteiger partial charge >= 0.3 is 0 Å². The lowest BCUT2D eigenvalue weighted by atomic mass is 10.1. The van der Waals surface area contributed by atoms with Gasteiger partial charge in [0.25, 0.3) is 0 Å². The second-order valence-electron chi connectivity index (χ2n) is 6.36. The van der Waals surface area contributed by atoms with Gasteiger partial charge in [-0.1, -0.05) is 6.07 Å². The summed E-state index contributed by atoms with van der Waals surface area (Å²) in [6.45, 7) is 4.49. The second-order valence-corrected chi connectivity index (χ2v) is 6.36. The normalized spacial score (nSPS) is 16.0. The van der Waals surface area contributed by atoms with Gasteiger partial charge in [0, 0.05) is 35.8 Å². The van der Waals surface area contributed by atoms with Crippen LogP contribution in [0.3, 0.4) is 0 Å². The fraction of sp³-hybridized carbons (Fsp3) is 0.444. The van der Waals surface area contributed by atoms with Crippen LogP contribution in [0.4, 0.5) is 0 Å². The van der Waals surface area contributed by atoms with E-state index < -0.39 is 0 Å². The van der Waals surface area contributed by atoms with Crippen molar-refractivity contribution in [3.63, 3.8) is 0 Å². The molecular weight excluding hydrogens is 274 g/mol. The predicted octanol–water partition coefficient (Wildman–Crippen LogP) is 2.97. The molecule has 3 rings (SSSR count). The van der Waals surface area contributed by atoms with E-state index in [1.807, 2.05) is 38.4 Å². The quantitative estimate of drug-likeness (QED) is 0.923. The van der Waals surface area contributed by atoms with Gasteiger partial charge in [0.1, 0.15) is 0 Å². The Labute approximate surface area is 131 Å². The fourth-order valence-corrected chi connectivity index (χ4v) is 3.10. The number of nitrogens with one attached hydrogen (secondary N) is 1. The minimum absolute atomic E-state index is 0.142. The molecule has 1 fully saturated rings. The maximum absolute atomic E-state index is 12.1. The van der Waals surface area contributed by atoms with Crippen molar-refractivity contribution in [2.45, 2.75) is 39.3 Å². The largest absolute Gasteiger partial charge is 0.363 e. The Bertz CT molecular complexity index is 704. The van der Waals surface area contributed by atoms with E-state index in [0.717, 1.165) is 29.1 Å². The van der Waals surface area contributed by atoms with Gasteiger partial charge in [0.15, 0.2) is 5.43 Å². The van der Waals surface area contributed by atoms with Crippen LogP contribution in [-0.4, -0.2) is 21.9 Å². The molecule has 0 spiro atoms. The first-order chi connectivity index (χ1) is 10.6. The Morgan fingerprint density at radius 2 is 2.14 bits per heavy atom. The summed E-state index contributed by atoms with van der Waals surface area (Å²) in [5.74, 6) is 0.678. The zero-order chi connectivity index (χ0) is 15.7. The van der Waals surface area contributed by atoms with Gasteiger partial charge in [-0.15, -0.1) is 0 Å². The Kier molecular flexibility index (Phi) is 4.12. The van der Waals surface area contributed by atoms with Crippen LogP contribution in [0.25, 0.3) is 0 Å². The van der Waals surface area contributed by atoms with E-state index >= 15 is 0 Å². The number of H-pyrrole nitrogens is 1. The Morgan fingerprint density at radius 1 is 1.36 bits per heavy atom. The number of pyridine rings is 2. The van der Waals surface area contributed by atoms with Crippen LogP contribution >= 0.6 is 0 Å². The molecule has 0 aromatic carbocycles. The maximum atomic E-state index is 12.1. The fourth-order valence-electron chi connectivity index (χ4n) is 3.10. The Balaban J connectivity index is 1.85. The first-order valence-electron chi connectivity index (χ1n) is 7.87. The summed E-state index contributed by atoms with van der Waals surface area (Å²) in [5, 5.41) is 0. The number of rotatable bonds is 5. The molecule has 1 atom stereocenters. The highest BCUT2D eigenvalue weighted by Crippen LogP contribution is 2.43. The van der Waals surface area contributed by atoms with Crippen molar-refractivity contribution in [3.05, 3.63) is 63.3 Å². The van der Waals surface area contributed by atoms with Crippen LogP contribution in [-0.2, 0) is 6.54 Å². The second kappa shape index (κ2) is 6.05. The molecule has 116 valence electrons. The lowest BCUT2D eigenvalue weighted by molar-refractivity contribution is 0.205. The van der Waals surface area contributed by atoms with E-state index in [9.17, 15) is 4.79 Å². The highest BCUT2D eigenvalue weighted by Gasteiger charge is 2.35. The molecule has 4 nitrogen and oxygen atoms in total. The van der Waals surface area contributed by atoms with Gasteiger partial charge in [0.05, 0.1) is 11.7 Å². The average Bonchev–Trinajstić information content (AvgIpc) is 3.34. The van der Waals surface area contributed by atoms with Crippen molar-refractivity contribution in [2.75, 3.05) is 7.05 Å². The molecule has 0 aliphatic heterocycles. The van der Waals surface area contributed by atoms with E-state index in [4.69, 9.17) is 0 Å². The smallest absolute Gasteiger partial charge is 0.187 e. The summed E-state index contributed by atoms with van der Waals surface area (Å²) in [5.41, 5.74) is 3.86. The van der Waals surface area contributed by atoms with E-state index in [2.05, 4.69) is 28.0 Å². The maximum Gasteiger partial charge on any atom is 0.187 e. The molecule has 4 heteroatoms. The van der Waals surface area contributed by atoms with Gasteiger partial charge in [-0.25, -0.2) is 0 Å². The summed E-state index contributed by atoms with van der Waals surface area (Å²) in [7, 11) is 2.12. The molecule has 0 radical (unpaired) electrons. The van der Waals surface area contributed by atoms with Crippen LogP contribution in [0.5, 0.6) is 0 Å². The van der Waals surface area contributed by atoms with Crippen molar-refractivity contribution in [1.82, 2.24) is 14.9 Å². The highest BCUT2D eigenvalue weighted by atomic mass is 16.1. The minimum Gasteiger partial charge on any atom is -0.363 e. The first-order valence-corrected chi connectivity index (χ1v) is 7.87. The molecule has 1 aliphatic carbocycles. The molecule has 1 saturated carbocycles. The van der Waals surface area contributed by atoms with E-state index in [1.54, 1.807) is 0 Å². The van der Waals surface area contributed by atoms with Gasteiger partial charge in [0.2, 0.25) is 0 Å². The third-order valence-electron chi connectivity index (χ3n) is 4.56. The molecule has 22 heavy (non-hydrogen) atoms. The van der Waals surface area contributed by atoms with Crippen molar-refractivity contribution in [2.24, 2.45) is 5.92 Å². The van der Waals surface area contributed by atoms with Crippen LogP contribution in [0, 0.1) is 19.8 Å². The standard InChI is InChI=1S/C18H23N3O/c1-12-10-20-16(13(2)18(12)22)11-21(3)17(14-7-8-14)15-6-4-5-9-19-15/h4-6,9-10,14,17H,7-8,11H2,1-3H3,(H,20,22)/t17-/m0/s1. The summed E-state index contributed by atoms with van der Waals surface area (Å²) in [6, 6.07) is 6.43. The van der Waals surface area contributed by atoms with Gasteiger partial charge in [-0.2, -0.15) is 0 Å². The van der Waals surface area contributed by atoms with Crippen molar-refractivity contribution in [3.8, 4) is 0 Å². The molecule has 0 amide bonds. The van der Waals surface area contributed by atoms with Gasteiger partial charge in [-0.05, 0) is 51.8 Å². The Morgan fingerprint density at radius 3 is 2.77 bits per heavy atom. The molecule has 0 bridgehead atoms. The lowest BCUT2D eigenvalue weighted by Gasteiger charge is -2.28. The number of hydrogen-bond donors (Lipinski definition) is 1.